The van der Waals surface area contributed by atoms with Gasteiger partial charge in [-0.05, 0) is 16.8 Å². The van der Waals surface area contributed by atoms with Crippen molar-refractivity contribution in [2.24, 2.45) is 0 Å². The van der Waals surface area contributed by atoms with Crippen LogP contribution in [0.1, 0.15) is 10.5 Å². The summed E-state index contributed by atoms with van der Waals surface area (Å²) in [5.74, 6) is 0.769. The number of hydrogen-bond acceptors (Lipinski definition) is 4. The van der Waals surface area contributed by atoms with Gasteiger partial charge in [-0.25, -0.2) is 4.98 Å². The van der Waals surface area contributed by atoms with Crippen LogP contribution in [-0.2, 0) is 0 Å². The number of carbonyl (C=O) groups excluding carboxylic acids is 1. The van der Waals surface area contributed by atoms with Gasteiger partial charge in [0, 0.05) is 5.38 Å². The maximum atomic E-state index is 10.8. The Hall–Kier alpha value is -2.20. The first kappa shape index (κ1) is 11.9. The number of benzene rings is 2. The standard InChI is InChI=1S/C15H11NO2S/c1-18-13-7-6-10-4-2-3-5-12(10)14(13)15-16-11(8-17)9-19-15/h2-9H,1H3. The van der Waals surface area contributed by atoms with E-state index in [4.69, 9.17) is 4.74 Å². The lowest BCUT2D eigenvalue weighted by Crippen LogP contribution is -1.90. The number of methoxy groups -OCH3 is 1. The molecular formula is C15H11NO2S. The second-order valence-corrected chi connectivity index (χ2v) is 4.92. The normalized spacial score (nSPS) is 10.6. The number of nitrogens with zero attached hydrogens (tertiary/aromatic N) is 1. The lowest BCUT2D eigenvalue weighted by molar-refractivity contribution is 0.111. The number of ether oxygens (including phenoxy) is 1. The molecule has 4 heteroatoms. The second-order valence-electron chi connectivity index (χ2n) is 4.06. The van der Waals surface area contributed by atoms with E-state index in [1.165, 1.54) is 11.3 Å². The molecule has 0 spiro atoms. The zero-order valence-corrected chi connectivity index (χ0v) is 11.1. The van der Waals surface area contributed by atoms with Crippen molar-refractivity contribution in [3.05, 3.63) is 47.5 Å². The summed E-state index contributed by atoms with van der Waals surface area (Å²) in [5, 5.41) is 4.76. The molecule has 0 saturated carbocycles. The van der Waals surface area contributed by atoms with Crippen molar-refractivity contribution in [3.8, 4) is 16.3 Å². The van der Waals surface area contributed by atoms with E-state index in [0.717, 1.165) is 33.4 Å². The van der Waals surface area contributed by atoms with Crippen LogP contribution in [0.5, 0.6) is 5.75 Å². The molecule has 0 unspecified atom stereocenters. The van der Waals surface area contributed by atoms with Crippen molar-refractivity contribution in [2.75, 3.05) is 7.11 Å². The number of thiazole rings is 1. The maximum absolute atomic E-state index is 10.8. The molecule has 1 aromatic heterocycles. The van der Waals surface area contributed by atoms with Gasteiger partial charge >= 0.3 is 0 Å². The van der Waals surface area contributed by atoms with Gasteiger partial charge in [-0.2, -0.15) is 0 Å². The Bertz CT molecular complexity index is 749. The summed E-state index contributed by atoms with van der Waals surface area (Å²) >= 11 is 1.45. The molecule has 94 valence electrons. The van der Waals surface area contributed by atoms with E-state index in [0.29, 0.717) is 5.69 Å². The summed E-state index contributed by atoms with van der Waals surface area (Å²) in [6.07, 6.45) is 0.762. The van der Waals surface area contributed by atoms with Crippen LogP contribution in [0, 0.1) is 0 Å². The van der Waals surface area contributed by atoms with Gasteiger partial charge in [0.1, 0.15) is 16.5 Å². The Morgan fingerprint density at radius 1 is 1.21 bits per heavy atom. The number of aromatic nitrogens is 1. The lowest BCUT2D eigenvalue weighted by Gasteiger charge is -2.09. The zero-order chi connectivity index (χ0) is 13.2. The average Bonchev–Trinajstić information content (AvgIpc) is 2.94. The first-order valence-electron chi connectivity index (χ1n) is 5.80. The van der Waals surface area contributed by atoms with E-state index in [-0.39, 0.29) is 0 Å². The van der Waals surface area contributed by atoms with Crippen LogP contribution in [-0.4, -0.2) is 18.4 Å². The number of carbonyl (C=O) groups is 1. The van der Waals surface area contributed by atoms with Gasteiger partial charge in [0.2, 0.25) is 0 Å². The Balaban J connectivity index is 2.33. The van der Waals surface area contributed by atoms with Gasteiger partial charge in [-0.1, -0.05) is 30.3 Å². The van der Waals surface area contributed by atoms with Gasteiger partial charge in [-0.3, -0.25) is 4.79 Å². The van der Waals surface area contributed by atoms with Crippen LogP contribution in [0.15, 0.2) is 41.8 Å². The first-order valence-corrected chi connectivity index (χ1v) is 6.68. The maximum Gasteiger partial charge on any atom is 0.169 e. The molecule has 0 aliphatic carbocycles. The Labute approximate surface area is 114 Å². The van der Waals surface area contributed by atoms with Crippen LogP contribution >= 0.6 is 11.3 Å². The predicted molar refractivity (Wildman–Crippen MR) is 77.0 cm³/mol. The molecule has 3 nitrogen and oxygen atoms in total. The zero-order valence-electron chi connectivity index (χ0n) is 10.3. The summed E-state index contributed by atoms with van der Waals surface area (Å²) in [4.78, 5) is 15.1. The van der Waals surface area contributed by atoms with Gasteiger partial charge < -0.3 is 4.74 Å². The van der Waals surface area contributed by atoms with E-state index in [1.54, 1.807) is 12.5 Å². The molecular weight excluding hydrogens is 258 g/mol. The van der Waals surface area contributed by atoms with Crippen molar-refractivity contribution in [1.29, 1.82) is 0 Å². The molecule has 0 atom stereocenters. The molecule has 0 amide bonds. The highest BCUT2D eigenvalue weighted by molar-refractivity contribution is 7.13. The van der Waals surface area contributed by atoms with Gasteiger partial charge in [-0.15, -0.1) is 11.3 Å². The molecule has 2 aromatic carbocycles. The summed E-state index contributed by atoms with van der Waals surface area (Å²) in [6.45, 7) is 0. The topological polar surface area (TPSA) is 39.2 Å². The van der Waals surface area contributed by atoms with Crippen LogP contribution in [0.25, 0.3) is 21.3 Å². The van der Waals surface area contributed by atoms with Crippen LogP contribution in [0.3, 0.4) is 0 Å². The van der Waals surface area contributed by atoms with Crippen molar-refractivity contribution >= 4 is 28.4 Å². The number of aldehydes is 1. The highest BCUT2D eigenvalue weighted by atomic mass is 32.1. The third kappa shape index (κ3) is 2.00. The Morgan fingerprint density at radius 2 is 2.05 bits per heavy atom. The molecule has 3 aromatic rings. The molecule has 0 saturated heterocycles. The molecule has 0 aliphatic heterocycles. The predicted octanol–water partition coefficient (Wildman–Crippen LogP) is 3.78. The third-order valence-electron chi connectivity index (χ3n) is 2.97. The smallest absolute Gasteiger partial charge is 0.169 e. The number of rotatable bonds is 3. The number of fused-ring (bicyclic) bond motifs is 1. The van der Waals surface area contributed by atoms with E-state index in [2.05, 4.69) is 4.98 Å². The summed E-state index contributed by atoms with van der Waals surface area (Å²) in [6, 6.07) is 12.0. The highest BCUT2D eigenvalue weighted by Crippen LogP contribution is 2.38. The fraction of sp³-hybridized carbons (Fsp3) is 0.0667. The van der Waals surface area contributed by atoms with E-state index >= 15 is 0 Å². The van der Waals surface area contributed by atoms with Crippen LogP contribution < -0.4 is 4.74 Å². The molecule has 0 aliphatic rings. The van der Waals surface area contributed by atoms with Gasteiger partial charge in [0.25, 0.3) is 0 Å². The lowest BCUT2D eigenvalue weighted by atomic mass is 10.0. The van der Waals surface area contributed by atoms with Crippen LogP contribution in [0.2, 0.25) is 0 Å². The van der Waals surface area contributed by atoms with Crippen molar-refractivity contribution < 1.29 is 9.53 Å². The first-order chi connectivity index (χ1) is 9.33. The quantitative estimate of drug-likeness (QED) is 0.679. The summed E-state index contributed by atoms with van der Waals surface area (Å²) in [7, 11) is 1.64. The van der Waals surface area contributed by atoms with Crippen molar-refractivity contribution in [2.45, 2.75) is 0 Å². The molecule has 0 radical (unpaired) electrons. The third-order valence-corrected chi connectivity index (χ3v) is 3.85. The second kappa shape index (κ2) is 4.82. The fourth-order valence-electron chi connectivity index (χ4n) is 2.10. The van der Waals surface area contributed by atoms with Gasteiger partial charge in [0.05, 0.1) is 12.7 Å². The van der Waals surface area contributed by atoms with E-state index < -0.39 is 0 Å². The summed E-state index contributed by atoms with van der Waals surface area (Å²) < 4.78 is 5.43. The SMILES string of the molecule is COc1ccc2ccccc2c1-c1nc(C=O)cs1. The molecule has 3 rings (SSSR count). The molecule has 1 heterocycles. The highest BCUT2D eigenvalue weighted by Gasteiger charge is 2.13. The minimum absolute atomic E-state index is 0.454. The van der Waals surface area contributed by atoms with Crippen LogP contribution in [0.4, 0.5) is 0 Å². The minimum atomic E-state index is 0.454. The molecule has 0 bridgehead atoms. The Morgan fingerprint density at radius 3 is 2.79 bits per heavy atom. The van der Waals surface area contributed by atoms with E-state index in [1.807, 2.05) is 36.4 Å². The minimum Gasteiger partial charge on any atom is -0.496 e. The summed E-state index contributed by atoms with van der Waals surface area (Å²) in [5.41, 5.74) is 1.40. The van der Waals surface area contributed by atoms with Crippen molar-refractivity contribution in [3.63, 3.8) is 0 Å². The fourth-order valence-corrected chi connectivity index (χ4v) is 2.92. The molecule has 0 N–H and O–H groups in total. The monoisotopic (exact) mass is 269 g/mol. The average molecular weight is 269 g/mol. The van der Waals surface area contributed by atoms with Crippen molar-refractivity contribution in [1.82, 2.24) is 4.98 Å². The van der Waals surface area contributed by atoms with E-state index in [9.17, 15) is 4.79 Å². The number of hydrogen-bond donors (Lipinski definition) is 0. The molecule has 19 heavy (non-hydrogen) atoms. The van der Waals surface area contributed by atoms with Gasteiger partial charge in [0.15, 0.2) is 6.29 Å². The molecule has 0 fully saturated rings. The largest absolute Gasteiger partial charge is 0.496 e. The Kier molecular flexibility index (Phi) is 3.01.